The van der Waals surface area contributed by atoms with Gasteiger partial charge in [0.25, 0.3) is 12.2 Å². The minimum Gasteiger partial charge on any atom is -0.486 e. The normalized spacial score (nSPS) is 11.3. The Balaban J connectivity index is 1.32. The van der Waals surface area contributed by atoms with Gasteiger partial charge in [0.2, 0.25) is 5.76 Å². The number of ether oxygens (including phenoxy) is 1. The van der Waals surface area contributed by atoms with Crippen LogP contribution in [0.1, 0.15) is 37.6 Å². The third-order valence-electron chi connectivity index (χ3n) is 8.22. The number of rotatable bonds is 13. The summed E-state index contributed by atoms with van der Waals surface area (Å²) >= 11 is 1.40. The van der Waals surface area contributed by atoms with E-state index in [1.165, 1.54) is 23.5 Å². The molecule has 8 heteroatoms. The van der Waals surface area contributed by atoms with Crippen molar-refractivity contribution in [2.24, 2.45) is 0 Å². The Bertz CT molecular complexity index is 2410. The molecule has 1 heterocycles. The van der Waals surface area contributed by atoms with Crippen LogP contribution in [0.5, 0.6) is 0 Å². The third-order valence-corrected chi connectivity index (χ3v) is 9.22. The van der Waals surface area contributed by atoms with Crippen LogP contribution in [0.4, 0.5) is 17.1 Å². The number of nitrogens with zero attached hydrogens (tertiary/aromatic N) is 3. The number of carboxylic acid groups (broad SMARTS) is 1. The van der Waals surface area contributed by atoms with Crippen molar-refractivity contribution in [2.45, 2.75) is 0 Å². The van der Waals surface area contributed by atoms with Crippen LogP contribution in [0.15, 0.2) is 157 Å². The van der Waals surface area contributed by atoms with Gasteiger partial charge in [0, 0.05) is 26.8 Å². The van der Waals surface area contributed by atoms with E-state index < -0.39 is 5.97 Å². The highest BCUT2D eigenvalue weighted by Gasteiger charge is 2.14. The molecule has 1 N–H and O–H groups in total. The van der Waals surface area contributed by atoms with Gasteiger partial charge in [-0.1, -0.05) is 103 Å². The number of allylic oxidation sites excluding steroid dienone is 1. The molecule has 0 radical (unpaired) electrons. The minimum absolute atomic E-state index is 0.101. The second-order valence-corrected chi connectivity index (χ2v) is 12.9. The molecule has 0 fully saturated rings. The number of aliphatic carboxylic acids is 1. The number of hydrogen-bond donors (Lipinski definition) is 1. The van der Waals surface area contributed by atoms with Crippen molar-refractivity contribution in [1.82, 2.24) is 0 Å². The zero-order valence-electron chi connectivity index (χ0n) is 28.7. The van der Waals surface area contributed by atoms with E-state index in [9.17, 15) is 14.9 Å². The monoisotopic (exact) mass is 721 g/mol. The highest BCUT2D eigenvalue weighted by molar-refractivity contribution is 7.13. The lowest BCUT2D eigenvalue weighted by molar-refractivity contribution is -0.132. The number of hydrogen-bond acceptors (Lipinski definition) is 6. The summed E-state index contributed by atoms with van der Waals surface area (Å²) in [5.74, 6) is -1.35. The minimum atomic E-state index is -1.25. The van der Waals surface area contributed by atoms with Gasteiger partial charge in [-0.25, -0.2) is 4.85 Å². The predicted octanol–water partition coefficient (Wildman–Crippen LogP) is 11.4. The summed E-state index contributed by atoms with van der Waals surface area (Å²) in [6.07, 6.45) is 9.00. The highest BCUT2D eigenvalue weighted by atomic mass is 32.1. The first-order chi connectivity index (χ1) is 26.4. The Labute approximate surface area is 317 Å². The molecule has 54 heavy (non-hydrogen) atoms. The molecule has 0 aliphatic rings. The van der Waals surface area contributed by atoms with Crippen molar-refractivity contribution in [1.29, 1.82) is 5.26 Å². The standard InChI is InChI=1S/C46H31N3O4S/c1-48-45(46(51)52)30-43-27-26-42(54-43)25-18-33-12-19-38(20-13-33)49(39-21-14-34(15-22-39)28-41(31-47)53-32-50)40-23-16-35(17-24-40)29-44(36-8-4-2-5-9-36)37-10-6-3-7-11-37/h2-30,32H,(H,51,52)/b25-18+,41-28+,45-30-. The van der Waals surface area contributed by atoms with E-state index in [1.807, 2.05) is 109 Å². The van der Waals surface area contributed by atoms with Crippen LogP contribution in [0.25, 0.3) is 40.8 Å². The number of thiophene rings is 1. The molecule has 6 rings (SSSR count). The molecule has 6 aromatic rings. The van der Waals surface area contributed by atoms with Gasteiger partial charge in [0.15, 0.2) is 0 Å². The maximum Gasteiger partial charge on any atom is 0.333 e. The molecule has 260 valence electrons. The molecular formula is C46H31N3O4S. The molecule has 5 aromatic carbocycles. The number of anilines is 3. The lowest BCUT2D eigenvalue weighted by atomic mass is 9.95. The van der Waals surface area contributed by atoms with Gasteiger partial charge < -0.3 is 14.7 Å². The van der Waals surface area contributed by atoms with Gasteiger partial charge in [-0.2, -0.15) is 5.26 Å². The fraction of sp³-hybridized carbons (Fsp3) is 0. The van der Waals surface area contributed by atoms with Gasteiger partial charge in [-0.15, -0.1) is 11.3 Å². The Hall–Kier alpha value is -7.52. The molecular weight excluding hydrogens is 691 g/mol. The van der Waals surface area contributed by atoms with E-state index in [-0.39, 0.29) is 17.9 Å². The van der Waals surface area contributed by atoms with Crippen LogP contribution in [0.3, 0.4) is 0 Å². The highest BCUT2D eigenvalue weighted by Crippen LogP contribution is 2.36. The Morgan fingerprint density at radius 3 is 1.65 bits per heavy atom. The summed E-state index contributed by atoms with van der Waals surface area (Å²) in [6, 6.07) is 50.3. The quantitative estimate of drug-likeness (QED) is 0.0319. The van der Waals surface area contributed by atoms with Crippen molar-refractivity contribution in [2.75, 3.05) is 4.90 Å². The molecule has 7 nitrogen and oxygen atoms in total. The first-order valence-corrected chi connectivity index (χ1v) is 17.5. The molecule has 0 bridgehead atoms. The van der Waals surface area contributed by atoms with Gasteiger partial charge in [0.05, 0.1) is 6.57 Å². The summed E-state index contributed by atoms with van der Waals surface area (Å²) < 4.78 is 4.76. The molecule has 0 unspecified atom stereocenters. The fourth-order valence-electron chi connectivity index (χ4n) is 5.64. The molecule has 0 atom stereocenters. The Kier molecular flexibility index (Phi) is 11.8. The first-order valence-electron chi connectivity index (χ1n) is 16.7. The topological polar surface area (TPSA) is 95.0 Å². The fourth-order valence-corrected chi connectivity index (χ4v) is 6.49. The van der Waals surface area contributed by atoms with Crippen LogP contribution >= 0.6 is 11.3 Å². The zero-order chi connectivity index (χ0) is 37.7. The van der Waals surface area contributed by atoms with Crippen LogP contribution < -0.4 is 4.90 Å². The second-order valence-electron chi connectivity index (χ2n) is 11.8. The lowest BCUT2D eigenvalue weighted by Gasteiger charge is -2.26. The van der Waals surface area contributed by atoms with E-state index in [0.29, 0.717) is 10.4 Å². The first kappa shape index (κ1) is 36.3. The SMILES string of the molecule is [C-]#[N+]/C(=C\c1ccc(/C=C/c2ccc(N(c3ccc(C=C(c4ccccc4)c4ccccc4)cc3)c3ccc(/C=C(\C#N)OC=O)cc3)cc2)s1)C(=O)O. The molecule has 1 aromatic heterocycles. The lowest BCUT2D eigenvalue weighted by Crippen LogP contribution is -2.09. The van der Waals surface area contributed by atoms with Crippen molar-refractivity contribution in [3.8, 4) is 6.07 Å². The summed E-state index contributed by atoms with van der Waals surface area (Å²) in [5.41, 5.74) is 8.47. The van der Waals surface area contributed by atoms with Crippen molar-refractivity contribution >= 4 is 76.8 Å². The smallest absolute Gasteiger partial charge is 0.333 e. The average Bonchev–Trinajstić information content (AvgIpc) is 3.67. The number of carbonyl (C=O) groups is 2. The summed E-state index contributed by atoms with van der Waals surface area (Å²) in [7, 11) is 0. The predicted molar refractivity (Wildman–Crippen MR) is 217 cm³/mol. The van der Waals surface area contributed by atoms with Crippen LogP contribution in [0.2, 0.25) is 0 Å². The van der Waals surface area contributed by atoms with Gasteiger partial charge >= 0.3 is 5.97 Å². The van der Waals surface area contributed by atoms with Crippen molar-refractivity contribution in [3.05, 3.63) is 206 Å². The van der Waals surface area contributed by atoms with Gasteiger partial charge in [-0.05, 0) is 106 Å². The van der Waals surface area contributed by atoms with Crippen LogP contribution in [-0.4, -0.2) is 17.5 Å². The Morgan fingerprint density at radius 2 is 1.17 bits per heavy atom. The van der Waals surface area contributed by atoms with E-state index in [4.69, 9.17) is 16.4 Å². The van der Waals surface area contributed by atoms with Crippen molar-refractivity contribution in [3.63, 3.8) is 0 Å². The summed E-state index contributed by atoms with van der Waals surface area (Å²) in [4.78, 5) is 28.8. The van der Waals surface area contributed by atoms with E-state index >= 15 is 0 Å². The third kappa shape index (κ3) is 9.22. The maximum absolute atomic E-state index is 11.2. The molecule has 0 saturated heterocycles. The largest absolute Gasteiger partial charge is 0.486 e. The molecule has 0 aliphatic heterocycles. The average molecular weight is 722 g/mol. The maximum atomic E-state index is 11.2. The zero-order valence-corrected chi connectivity index (χ0v) is 29.6. The van der Waals surface area contributed by atoms with E-state index in [1.54, 1.807) is 6.07 Å². The summed E-state index contributed by atoms with van der Waals surface area (Å²) in [6.45, 7) is 7.31. The van der Waals surface area contributed by atoms with Crippen LogP contribution in [0, 0.1) is 17.9 Å². The number of carbonyl (C=O) groups excluding carboxylic acids is 1. The molecule has 0 amide bonds. The number of benzene rings is 5. The van der Waals surface area contributed by atoms with Crippen molar-refractivity contribution < 1.29 is 19.4 Å². The van der Waals surface area contributed by atoms with E-state index in [2.05, 4.69) is 64.4 Å². The second kappa shape index (κ2) is 17.6. The van der Waals surface area contributed by atoms with Gasteiger partial charge in [-0.3, -0.25) is 9.59 Å². The van der Waals surface area contributed by atoms with Crippen LogP contribution in [-0.2, 0) is 14.3 Å². The number of carboxylic acids is 1. The number of nitriles is 1. The molecule has 0 aliphatic carbocycles. The Morgan fingerprint density at radius 1 is 0.667 bits per heavy atom. The van der Waals surface area contributed by atoms with E-state index in [0.717, 1.165) is 49.8 Å². The molecule has 0 saturated carbocycles. The summed E-state index contributed by atoms with van der Waals surface area (Å²) in [5, 5.41) is 18.5. The van der Waals surface area contributed by atoms with Gasteiger partial charge in [0.1, 0.15) is 6.07 Å². The molecule has 0 spiro atoms.